The summed E-state index contributed by atoms with van der Waals surface area (Å²) in [5, 5.41) is 2.47. The van der Waals surface area contributed by atoms with Crippen LogP contribution in [0.15, 0.2) is 0 Å². The molecule has 0 amide bonds. The molecule has 11 heavy (non-hydrogen) atoms. The van der Waals surface area contributed by atoms with Gasteiger partial charge in [0.15, 0.2) is 0 Å². The van der Waals surface area contributed by atoms with Crippen molar-refractivity contribution in [3.05, 3.63) is 0 Å². The normalized spacial score (nSPS) is 28.9. The molecule has 2 unspecified atom stereocenters. The van der Waals surface area contributed by atoms with Crippen LogP contribution in [0.2, 0.25) is 0 Å². The van der Waals surface area contributed by atoms with Crippen LogP contribution in [0.5, 0.6) is 0 Å². The zero-order valence-electron chi connectivity index (χ0n) is 5.79. The number of nitrogens with one attached hydrogen (secondary N) is 1. The highest BCUT2D eigenvalue weighted by molar-refractivity contribution is 4.85. The van der Waals surface area contributed by atoms with Crippen LogP contribution in [0.3, 0.4) is 0 Å². The van der Waals surface area contributed by atoms with E-state index in [1.54, 1.807) is 0 Å². The maximum atomic E-state index is 12.4. The van der Waals surface area contributed by atoms with Gasteiger partial charge in [0.05, 0.1) is 0 Å². The molecule has 1 heterocycles. The van der Waals surface area contributed by atoms with E-state index in [2.05, 4.69) is 5.32 Å². The van der Waals surface area contributed by atoms with E-state index < -0.39 is 18.4 Å². The maximum Gasteiger partial charge on any atom is 0.421 e. The molecule has 0 radical (unpaired) electrons. The highest BCUT2D eigenvalue weighted by atomic mass is 19.4. The fourth-order valence-corrected chi connectivity index (χ4v) is 1.19. The lowest BCUT2D eigenvalue weighted by Gasteiger charge is -2.18. The minimum absolute atomic E-state index is 0.278. The predicted molar refractivity (Wildman–Crippen MR) is 32.0 cm³/mol. The summed E-state index contributed by atoms with van der Waals surface area (Å²) >= 11 is 0. The molecule has 0 aliphatic carbocycles. The minimum atomic E-state index is -4.71. The van der Waals surface area contributed by atoms with Gasteiger partial charge in [-0.05, 0) is 19.4 Å². The molecular formula is C6H9F4N. The highest BCUT2D eigenvalue weighted by Gasteiger charge is 2.45. The first-order valence-electron chi connectivity index (χ1n) is 3.46. The third kappa shape index (κ3) is 2.05. The Labute approximate surface area is 61.8 Å². The van der Waals surface area contributed by atoms with Crippen molar-refractivity contribution in [2.24, 2.45) is 0 Å². The fourth-order valence-electron chi connectivity index (χ4n) is 1.19. The molecule has 1 rings (SSSR count). The van der Waals surface area contributed by atoms with Crippen molar-refractivity contribution in [2.75, 3.05) is 6.54 Å². The third-order valence-corrected chi connectivity index (χ3v) is 1.76. The molecule has 0 aromatic heterocycles. The van der Waals surface area contributed by atoms with E-state index in [0.717, 1.165) is 0 Å². The summed E-state index contributed by atoms with van der Waals surface area (Å²) in [6.07, 6.45) is -6.51. The van der Waals surface area contributed by atoms with Crippen molar-refractivity contribution < 1.29 is 17.6 Å². The molecule has 0 bridgehead atoms. The Morgan fingerprint density at radius 3 is 2.36 bits per heavy atom. The smallest absolute Gasteiger partial charge is 0.311 e. The molecule has 0 aromatic rings. The van der Waals surface area contributed by atoms with Crippen LogP contribution in [-0.2, 0) is 0 Å². The maximum absolute atomic E-state index is 12.4. The molecule has 1 aliphatic rings. The van der Waals surface area contributed by atoms with Crippen molar-refractivity contribution in [3.63, 3.8) is 0 Å². The van der Waals surface area contributed by atoms with Crippen LogP contribution in [0.4, 0.5) is 17.6 Å². The SMILES string of the molecule is FC(C1CCCN1)C(F)(F)F. The Morgan fingerprint density at radius 1 is 1.36 bits per heavy atom. The van der Waals surface area contributed by atoms with Gasteiger partial charge in [-0.1, -0.05) is 0 Å². The molecule has 0 spiro atoms. The first-order valence-corrected chi connectivity index (χ1v) is 3.46. The minimum Gasteiger partial charge on any atom is -0.311 e. The molecule has 5 heteroatoms. The van der Waals surface area contributed by atoms with Crippen LogP contribution >= 0.6 is 0 Å². The summed E-state index contributed by atoms with van der Waals surface area (Å²) in [4.78, 5) is 0. The van der Waals surface area contributed by atoms with Gasteiger partial charge in [-0.15, -0.1) is 0 Å². The van der Waals surface area contributed by atoms with Crippen LogP contribution in [0.1, 0.15) is 12.8 Å². The molecule has 1 aliphatic heterocycles. The molecule has 1 N–H and O–H groups in total. The predicted octanol–water partition coefficient (Wildman–Crippen LogP) is 1.64. The van der Waals surface area contributed by atoms with Crippen LogP contribution in [0.25, 0.3) is 0 Å². The van der Waals surface area contributed by atoms with E-state index in [-0.39, 0.29) is 6.42 Å². The summed E-state index contributed by atoms with van der Waals surface area (Å²) in [7, 11) is 0. The second kappa shape index (κ2) is 2.97. The third-order valence-electron chi connectivity index (χ3n) is 1.76. The summed E-state index contributed by atoms with van der Waals surface area (Å²) in [5.41, 5.74) is 0. The summed E-state index contributed by atoms with van der Waals surface area (Å²) in [5.74, 6) is 0. The Bertz CT molecular complexity index is 127. The molecule has 1 nitrogen and oxygen atoms in total. The Balaban J connectivity index is 2.46. The quantitative estimate of drug-likeness (QED) is 0.591. The summed E-state index contributed by atoms with van der Waals surface area (Å²) in [6.45, 7) is 0.487. The summed E-state index contributed by atoms with van der Waals surface area (Å²) < 4.78 is 47.5. The van der Waals surface area contributed by atoms with Crippen LogP contribution in [-0.4, -0.2) is 24.9 Å². The Hall–Kier alpha value is -0.320. The average Bonchev–Trinajstić information content (AvgIpc) is 2.34. The lowest BCUT2D eigenvalue weighted by atomic mass is 10.1. The van der Waals surface area contributed by atoms with Gasteiger partial charge in [-0.2, -0.15) is 13.2 Å². The van der Waals surface area contributed by atoms with Crippen molar-refractivity contribution in [2.45, 2.75) is 31.2 Å². The number of hydrogen-bond donors (Lipinski definition) is 1. The molecule has 1 saturated heterocycles. The van der Waals surface area contributed by atoms with Gasteiger partial charge < -0.3 is 5.32 Å². The highest BCUT2D eigenvalue weighted by Crippen LogP contribution is 2.28. The lowest BCUT2D eigenvalue weighted by molar-refractivity contribution is -0.187. The molecule has 1 fully saturated rings. The Kier molecular flexibility index (Phi) is 2.37. The van der Waals surface area contributed by atoms with Gasteiger partial charge in [-0.3, -0.25) is 0 Å². The molecular weight excluding hydrogens is 162 g/mol. The van der Waals surface area contributed by atoms with Gasteiger partial charge in [0, 0.05) is 6.04 Å². The largest absolute Gasteiger partial charge is 0.421 e. The van der Waals surface area contributed by atoms with E-state index in [1.807, 2.05) is 0 Å². The molecule has 0 aromatic carbocycles. The van der Waals surface area contributed by atoms with Crippen molar-refractivity contribution in [3.8, 4) is 0 Å². The first kappa shape index (κ1) is 8.77. The average molecular weight is 171 g/mol. The zero-order chi connectivity index (χ0) is 8.48. The first-order chi connectivity index (χ1) is 5.02. The van der Waals surface area contributed by atoms with Gasteiger partial charge in [0.25, 0.3) is 0 Å². The van der Waals surface area contributed by atoms with Crippen molar-refractivity contribution >= 4 is 0 Å². The number of rotatable bonds is 1. The van der Waals surface area contributed by atoms with Gasteiger partial charge in [0.1, 0.15) is 0 Å². The zero-order valence-corrected chi connectivity index (χ0v) is 5.79. The second-order valence-electron chi connectivity index (χ2n) is 2.65. The van der Waals surface area contributed by atoms with E-state index in [0.29, 0.717) is 13.0 Å². The Morgan fingerprint density at radius 2 is 2.00 bits per heavy atom. The number of halogens is 4. The fraction of sp³-hybridized carbons (Fsp3) is 1.00. The molecule has 2 atom stereocenters. The van der Waals surface area contributed by atoms with Crippen LogP contribution < -0.4 is 5.32 Å². The van der Waals surface area contributed by atoms with E-state index in [9.17, 15) is 17.6 Å². The van der Waals surface area contributed by atoms with Crippen molar-refractivity contribution in [1.82, 2.24) is 5.32 Å². The molecule has 66 valence electrons. The topological polar surface area (TPSA) is 12.0 Å². The van der Waals surface area contributed by atoms with E-state index >= 15 is 0 Å². The lowest BCUT2D eigenvalue weighted by Crippen LogP contribution is -2.41. The number of hydrogen-bond acceptors (Lipinski definition) is 1. The monoisotopic (exact) mass is 171 g/mol. The number of alkyl halides is 4. The van der Waals surface area contributed by atoms with E-state index in [1.165, 1.54) is 0 Å². The van der Waals surface area contributed by atoms with Gasteiger partial charge in [0.2, 0.25) is 6.17 Å². The summed E-state index contributed by atoms with van der Waals surface area (Å²) in [6, 6.07) is -1.02. The van der Waals surface area contributed by atoms with Crippen LogP contribution in [0, 0.1) is 0 Å². The van der Waals surface area contributed by atoms with Gasteiger partial charge in [-0.25, -0.2) is 4.39 Å². The molecule has 0 saturated carbocycles. The van der Waals surface area contributed by atoms with E-state index in [4.69, 9.17) is 0 Å². The standard InChI is InChI=1S/C6H9F4N/c7-5(6(8,9)10)4-2-1-3-11-4/h4-5,11H,1-3H2. The van der Waals surface area contributed by atoms with Crippen molar-refractivity contribution in [1.29, 1.82) is 0 Å². The second-order valence-corrected chi connectivity index (χ2v) is 2.65. The van der Waals surface area contributed by atoms with Gasteiger partial charge >= 0.3 is 6.18 Å².